The lowest BCUT2D eigenvalue weighted by atomic mass is 9.79. The van der Waals surface area contributed by atoms with Crippen LogP contribution >= 0.6 is 0 Å². The summed E-state index contributed by atoms with van der Waals surface area (Å²) in [6.07, 6.45) is 7.20. The van der Waals surface area contributed by atoms with Crippen LogP contribution in [0.25, 0.3) is 16.5 Å². The lowest BCUT2D eigenvalue weighted by molar-refractivity contribution is -0.124. The Balaban J connectivity index is 0.00000133. The first kappa shape index (κ1) is 24.1. The maximum absolute atomic E-state index is 13.0. The third-order valence-corrected chi connectivity index (χ3v) is 6.87. The zero-order valence-electron chi connectivity index (χ0n) is 20.9. The van der Waals surface area contributed by atoms with Gasteiger partial charge in [-0.2, -0.15) is 0 Å². The van der Waals surface area contributed by atoms with E-state index in [-0.39, 0.29) is 17.9 Å². The molecule has 2 aliphatic rings. The van der Waals surface area contributed by atoms with Gasteiger partial charge < -0.3 is 15.0 Å². The van der Waals surface area contributed by atoms with E-state index in [1.807, 2.05) is 26.0 Å². The van der Waals surface area contributed by atoms with Crippen LogP contribution < -0.4 is 10.1 Å². The number of rotatable bonds is 7. The Bertz CT molecular complexity index is 1160. The molecule has 0 radical (unpaired) electrons. The summed E-state index contributed by atoms with van der Waals surface area (Å²) in [5.41, 5.74) is 6.32. The number of fused-ring (bicyclic) bond motifs is 2. The molecule has 0 saturated heterocycles. The third-order valence-electron chi connectivity index (χ3n) is 6.87. The summed E-state index contributed by atoms with van der Waals surface area (Å²) in [5.74, 6) is 0.923. The minimum absolute atomic E-state index is 0.132. The number of para-hydroxylation sites is 1. The van der Waals surface area contributed by atoms with Gasteiger partial charge in [0.25, 0.3) is 0 Å². The molecule has 0 bridgehead atoms. The SMILES string of the molecule is CC.CCCNC(=O)C1C=C2c3cccc4[nH]cc(c34)CC2N(CCc2ccccc2OC)C1. The van der Waals surface area contributed by atoms with E-state index in [0.717, 1.165) is 44.6 Å². The Morgan fingerprint density at radius 2 is 2.00 bits per heavy atom. The van der Waals surface area contributed by atoms with Gasteiger partial charge in [0, 0.05) is 42.8 Å². The van der Waals surface area contributed by atoms with Gasteiger partial charge in [-0.15, -0.1) is 0 Å². The predicted molar refractivity (Wildman–Crippen MR) is 140 cm³/mol. The molecule has 2 atom stereocenters. The summed E-state index contributed by atoms with van der Waals surface area (Å²) in [5, 5.41) is 4.43. The van der Waals surface area contributed by atoms with Crippen LogP contribution in [-0.4, -0.2) is 48.6 Å². The summed E-state index contributed by atoms with van der Waals surface area (Å²) >= 11 is 0. The van der Waals surface area contributed by atoms with Crippen LogP contribution in [0, 0.1) is 5.92 Å². The first-order valence-electron chi connectivity index (χ1n) is 12.6. The number of benzene rings is 2. The normalized spacial score (nSPS) is 19.0. The molecule has 1 amide bonds. The van der Waals surface area contributed by atoms with Gasteiger partial charge in [-0.1, -0.05) is 57.2 Å². The van der Waals surface area contributed by atoms with Gasteiger partial charge in [0.15, 0.2) is 0 Å². The monoisotopic (exact) mass is 459 g/mol. The number of aromatic amines is 1. The van der Waals surface area contributed by atoms with Crippen molar-refractivity contribution in [2.45, 2.75) is 46.1 Å². The summed E-state index contributed by atoms with van der Waals surface area (Å²) in [7, 11) is 1.73. The zero-order chi connectivity index (χ0) is 24.1. The lowest BCUT2D eigenvalue weighted by Gasteiger charge is -2.41. The Hall–Kier alpha value is -3.05. The van der Waals surface area contributed by atoms with Gasteiger partial charge in [-0.05, 0) is 53.7 Å². The van der Waals surface area contributed by atoms with Gasteiger partial charge >= 0.3 is 0 Å². The van der Waals surface area contributed by atoms with Gasteiger partial charge in [-0.3, -0.25) is 9.69 Å². The molecule has 5 rings (SSSR count). The molecule has 2 N–H and O–H groups in total. The largest absolute Gasteiger partial charge is 0.496 e. The Labute approximate surface area is 203 Å². The van der Waals surface area contributed by atoms with Crippen molar-refractivity contribution in [3.05, 3.63) is 71.4 Å². The molecule has 5 nitrogen and oxygen atoms in total. The van der Waals surface area contributed by atoms with Crippen LogP contribution in [0.5, 0.6) is 5.75 Å². The van der Waals surface area contributed by atoms with Gasteiger partial charge in [0.2, 0.25) is 5.91 Å². The number of H-pyrrole nitrogens is 1. The Morgan fingerprint density at radius 1 is 1.18 bits per heavy atom. The molecule has 1 aliphatic heterocycles. The first-order valence-corrected chi connectivity index (χ1v) is 12.6. The molecule has 1 aliphatic carbocycles. The number of nitrogens with one attached hydrogen (secondary N) is 2. The van der Waals surface area contributed by atoms with E-state index >= 15 is 0 Å². The number of methoxy groups -OCH3 is 1. The lowest BCUT2D eigenvalue weighted by Crippen LogP contribution is -2.49. The summed E-state index contributed by atoms with van der Waals surface area (Å²) < 4.78 is 5.57. The number of amides is 1. The minimum Gasteiger partial charge on any atom is -0.496 e. The Morgan fingerprint density at radius 3 is 2.79 bits per heavy atom. The van der Waals surface area contributed by atoms with E-state index in [1.165, 1.54) is 33.2 Å². The number of hydrogen-bond donors (Lipinski definition) is 2. The standard InChI is InChI=1S/C27H31N3O2.C2H6/c1-3-12-28-27(31)20-14-22-21-8-6-9-23-26(21)19(16-29-23)15-24(22)30(17-20)13-11-18-7-4-5-10-25(18)32-2;1-2/h4-10,14,16,20,24,29H,3,11-13,15,17H2,1-2H3,(H,28,31);1-2H3. The van der Waals surface area contributed by atoms with Crippen LogP contribution in [0.2, 0.25) is 0 Å². The second-order valence-electron chi connectivity index (χ2n) is 8.84. The molecule has 2 aromatic carbocycles. The first-order chi connectivity index (χ1) is 16.7. The average Bonchev–Trinajstić information content (AvgIpc) is 3.31. The van der Waals surface area contributed by atoms with Crippen molar-refractivity contribution in [1.82, 2.24) is 15.2 Å². The van der Waals surface area contributed by atoms with Crippen molar-refractivity contribution >= 4 is 22.4 Å². The molecule has 0 spiro atoms. The number of nitrogens with zero attached hydrogens (tertiary/aromatic N) is 1. The van der Waals surface area contributed by atoms with Crippen molar-refractivity contribution in [2.75, 3.05) is 26.7 Å². The fourth-order valence-electron chi connectivity index (χ4n) is 5.29. The van der Waals surface area contributed by atoms with Gasteiger partial charge in [0.1, 0.15) is 5.75 Å². The van der Waals surface area contributed by atoms with Crippen molar-refractivity contribution in [1.29, 1.82) is 0 Å². The van der Waals surface area contributed by atoms with Crippen LogP contribution in [0.3, 0.4) is 0 Å². The highest BCUT2D eigenvalue weighted by atomic mass is 16.5. The number of aromatic nitrogens is 1. The Kier molecular flexibility index (Phi) is 7.73. The zero-order valence-corrected chi connectivity index (χ0v) is 20.9. The van der Waals surface area contributed by atoms with Crippen molar-refractivity contribution < 1.29 is 9.53 Å². The second-order valence-corrected chi connectivity index (χ2v) is 8.84. The smallest absolute Gasteiger partial charge is 0.228 e. The van der Waals surface area contributed by atoms with Crippen LogP contribution in [0.4, 0.5) is 0 Å². The number of hydrogen-bond acceptors (Lipinski definition) is 3. The number of ether oxygens (including phenoxy) is 1. The van der Waals surface area contributed by atoms with Crippen molar-refractivity contribution in [2.24, 2.45) is 5.92 Å². The summed E-state index contributed by atoms with van der Waals surface area (Å²) in [4.78, 5) is 18.9. The molecule has 2 unspecified atom stereocenters. The van der Waals surface area contributed by atoms with E-state index in [1.54, 1.807) is 7.11 Å². The number of carbonyl (C=O) groups is 1. The molecule has 3 aromatic rings. The van der Waals surface area contributed by atoms with Gasteiger partial charge in [-0.25, -0.2) is 0 Å². The quantitative estimate of drug-likeness (QED) is 0.510. The predicted octanol–water partition coefficient (Wildman–Crippen LogP) is 5.21. The average molecular weight is 460 g/mol. The third kappa shape index (κ3) is 4.62. The second kappa shape index (κ2) is 10.9. The number of carbonyl (C=O) groups excluding carboxylic acids is 1. The molecule has 0 saturated carbocycles. The molecular formula is C29H37N3O2. The topological polar surface area (TPSA) is 57.4 Å². The molecule has 5 heteroatoms. The van der Waals surface area contributed by atoms with Crippen molar-refractivity contribution in [3.63, 3.8) is 0 Å². The van der Waals surface area contributed by atoms with E-state index in [2.05, 4.69) is 64.7 Å². The molecule has 34 heavy (non-hydrogen) atoms. The van der Waals surface area contributed by atoms with E-state index in [0.29, 0.717) is 0 Å². The molecular weight excluding hydrogens is 422 g/mol. The van der Waals surface area contributed by atoms with Gasteiger partial charge in [0.05, 0.1) is 13.0 Å². The van der Waals surface area contributed by atoms with Crippen LogP contribution in [-0.2, 0) is 17.6 Å². The van der Waals surface area contributed by atoms with E-state index < -0.39 is 0 Å². The fraction of sp³-hybridized carbons (Fsp3) is 0.414. The maximum atomic E-state index is 13.0. The molecule has 180 valence electrons. The van der Waals surface area contributed by atoms with Crippen LogP contribution in [0.15, 0.2) is 54.7 Å². The van der Waals surface area contributed by atoms with Crippen molar-refractivity contribution in [3.8, 4) is 5.75 Å². The van der Waals surface area contributed by atoms with E-state index in [9.17, 15) is 4.79 Å². The molecule has 1 aromatic heterocycles. The highest BCUT2D eigenvalue weighted by Crippen LogP contribution is 2.41. The fourth-order valence-corrected chi connectivity index (χ4v) is 5.29. The van der Waals surface area contributed by atoms with E-state index in [4.69, 9.17) is 4.74 Å². The highest BCUT2D eigenvalue weighted by molar-refractivity contribution is 5.99. The minimum atomic E-state index is -0.138. The summed E-state index contributed by atoms with van der Waals surface area (Å²) in [6, 6.07) is 15.0. The summed E-state index contributed by atoms with van der Waals surface area (Å²) in [6.45, 7) is 8.44. The molecule has 2 heterocycles. The van der Waals surface area contributed by atoms with Crippen LogP contribution in [0.1, 0.15) is 43.9 Å². The highest BCUT2D eigenvalue weighted by Gasteiger charge is 2.37. The molecule has 0 fully saturated rings. The maximum Gasteiger partial charge on any atom is 0.228 e.